The number of terminal acetylenes is 1. The molecule has 0 unspecified atom stereocenters. The minimum absolute atomic E-state index is 0.0136. The average molecular weight is 285 g/mol. The van der Waals surface area contributed by atoms with E-state index in [4.69, 9.17) is 6.42 Å². The van der Waals surface area contributed by atoms with Crippen molar-refractivity contribution in [2.24, 2.45) is 5.92 Å². The summed E-state index contributed by atoms with van der Waals surface area (Å²) in [5.41, 5.74) is 0. The number of allylic oxidation sites excluding steroid dienone is 3. The highest BCUT2D eigenvalue weighted by molar-refractivity contribution is 5.87. The number of rotatable bonds is 10. The zero-order valence-electron chi connectivity index (χ0n) is 13.3. The Kier molecular flexibility index (Phi) is 13.1. The molecule has 0 aliphatic heterocycles. The van der Waals surface area contributed by atoms with E-state index >= 15 is 0 Å². The predicted molar refractivity (Wildman–Crippen MR) is 90.4 cm³/mol. The lowest BCUT2D eigenvalue weighted by Crippen LogP contribution is -2.25. The van der Waals surface area contributed by atoms with Crippen molar-refractivity contribution in [3.8, 4) is 24.2 Å². The van der Waals surface area contributed by atoms with Gasteiger partial charge < -0.3 is 5.32 Å². The molecule has 0 atom stereocenters. The minimum atomic E-state index is 0.0136. The van der Waals surface area contributed by atoms with Gasteiger partial charge >= 0.3 is 0 Å². The average Bonchev–Trinajstić information content (AvgIpc) is 2.46. The van der Waals surface area contributed by atoms with E-state index in [0.717, 1.165) is 32.2 Å². The maximum absolute atomic E-state index is 11.4. The SMILES string of the molecule is C#CC#CCC=CCCCCCC=CC(=O)NCC(C)C. The van der Waals surface area contributed by atoms with Crippen LogP contribution in [0.1, 0.15) is 52.4 Å². The molecule has 114 valence electrons. The van der Waals surface area contributed by atoms with E-state index in [1.165, 1.54) is 12.8 Å². The first-order chi connectivity index (χ1) is 10.2. The van der Waals surface area contributed by atoms with Crippen molar-refractivity contribution in [3.05, 3.63) is 24.3 Å². The first-order valence-electron chi connectivity index (χ1n) is 7.69. The van der Waals surface area contributed by atoms with Crippen LogP contribution in [-0.4, -0.2) is 12.5 Å². The van der Waals surface area contributed by atoms with Crippen LogP contribution in [-0.2, 0) is 4.79 Å². The topological polar surface area (TPSA) is 29.1 Å². The van der Waals surface area contributed by atoms with Crippen LogP contribution >= 0.6 is 0 Å². The molecule has 0 aromatic carbocycles. The molecule has 21 heavy (non-hydrogen) atoms. The molecule has 0 spiro atoms. The van der Waals surface area contributed by atoms with Gasteiger partial charge in [0.1, 0.15) is 0 Å². The largest absolute Gasteiger partial charge is 0.352 e. The lowest BCUT2D eigenvalue weighted by molar-refractivity contribution is -0.116. The van der Waals surface area contributed by atoms with Crippen LogP contribution < -0.4 is 5.32 Å². The number of unbranched alkanes of at least 4 members (excludes halogenated alkanes) is 4. The van der Waals surface area contributed by atoms with Crippen molar-refractivity contribution < 1.29 is 4.79 Å². The molecular formula is C19H27NO. The monoisotopic (exact) mass is 285 g/mol. The van der Waals surface area contributed by atoms with Gasteiger partial charge in [-0.3, -0.25) is 4.79 Å². The van der Waals surface area contributed by atoms with Gasteiger partial charge in [-0.1, -0.05) is 44.4 Å². The summed E-state index contributed by atoms with van der Waals surface area (Å²) in [5, 5.41) is 2.86. The molecule has 1 N–H and O–H groups in total. The van der Waals surface area contributed by atoms with Gasteiger partial charge in [0.25, 0.3) is 0 Å². The van der Waals surface area contributed by atoms with E-state index < -0.39 is 0 Å². The molecule has 0 aliphatic rings. The van der Waals surface area contributed by atoms with Crippen LogP contribution in [0, 0.1) is 30.1 Å². The van der Waals surface area contributed by atoms with Gasteiger partial charge in [-0.25, -0.2) is 0 Å². The molecule has 0 radical (unpaired) electrons. The highest BCUT2D eigenvalue weighted by Gasteiger charge is 1.96. The van der Waals surface area contributed by atoms with Crippen molar-refractivity contribution >= 4 is 5.91 Å². The molecule has 0 saturated carbocycles. The third kappa shape index (κ3) is 16.0. The lowest BCUT2D eigenvalue weighted by Gasteiger charge is -2.04. The zero-order valence-corrected chi connectivity index (χ0v) is 13.3. The van der Waals surface area contributed by atoms with E-state index in [9.17, 15) is 4.79 Å². The summed E-state index contributed by atoms with van der Waals surface area (Å²) in [4.78, 5) is 11.4. The third-order valence-electron chi connectivity index (χ3n) is 2.74. The summed E-state index contributed by atoms with van der Waals surface area (Å²) < 4.78 is 0. The summed E-state index contributed by atoms with van der Waals surface area (Å²) in [7, 11) is 0. The molecular weight excluding hydrogens is 258 g/mol. The fourth-order valence-corrected chi connectivity index (χ4v) is 1.62. The first-order valence-corrected chi connectivity index (χ1v) is 7.69. The Morgan fingerprint density at radius 1 is 1.14 bits per heavy atom. The van der Waals surface area contributed by atoms with Gasteiger partial charge in [0.05, 0.1) is 0 Å². The second kappa shape index (κ2) is 14.5. The molecule has 0 heterocycles. The number of hydrogen-bond acceptors (Lipinski definition) is 1. The van der Waals surface area contributed by atoms with E-state index in [0.29, 0.717) is 5.92 Å². The molecule has 0 bridgehead atoms. The lowest BCUT2D eigenvalue weighted by atomic mass is 10.1. The Morgan fingerprint density at radius 3 is 2.52 bits per heavy atom. The van der Waals surface area contributed by atoms with Crippen LogP contribution in [0.3, 0.4) is 0 Å². The molecule has 0 aromatic heterocycles. The third-order valence-corrected chi connectivity index (χ3v) is 2.74. The van der Waals surface area contributed by atoms with Crippen LogP contribution in [0.4, 0.5) is 0 Å². The Hall–Kier alpha value is -1.93. The standard InChI is InChI=1S/C19H27NO/c1-4-5-6-7-8-9-10-11-12-13-14-15-16-19(21)20-17-18(2)3/h1,8-9,15-16,18H,7,10-14,17H2,2-3H3,(H,20,21). The van der Waals surface area contributed by atoms with E-state index in [-0.39, 0.29) is 5.91 Å². The summed E-state index contributed by atoms with van der Waals surface area (Å²) in [6.45, 7) is 4.90. The quantitative estimate of drug-likeness (QED) is 0.281. The fraction of sp³-hybridized carbons (Fsp3) is 0.526. The van der Waals surface area contributed by atoms with Crippen molar-refractivity contribution in [2.75, 3.05) is 6.54 Å². The van der Waals surface area contributed by atoms with Crippen LogP contribution in [0.5, 0.6) is 0 Å². The minimum Gasteiger partial charge on any atom is -0.352 e. The molecule has 0 aliphatic carbocycles. The smallest absolute Gasteiger partial charge is 0.243 e. The van der Waals surface area contributed by atoms with Crippen molar-refractivity contribution in [2.45, 2.75) is 52.4 Å². The number of carbonyl (C=O) groups excluding carboxylic acids is 1. The molecule has 0 aromatic rings. The second-order valence-corrected chi connectivity index (χ2v) is 5.30. The number of carbonyl (C=O) groups is 1. The van der Waals surface area contributed by atoms with E-state index in [2.05, 4.69) is 49.1 Å². The van der Waals surface area contributed by atoms with Gasteiger partial charge in [0.15, 0.2) is 0 Å². The van der Waals surface area contributed by atoms with E-state index in [1.807, 2.05) is 6.08 Å². The molecule has 1 amide bonds. The number of nitrogens with one attached hydrogen (secondary N) is 1. The highest BCUT2D eigenvalue weighted by Crippen LogP contribution is 2.04. The maximum atomic E-state index is 11.4. The highest BCUT2D eigenvalue weighted by atomic mass is 16.1. The Balaban J connectivity index is 3.43. The van der Waals surface area contributed by atoms with E-state index in [1.54, 1.807) is 6.08 Å². The van der Waals surface area contributed by atoms with Crippen molar-refractivity contribution in [1.29, 1.82) is 0 Å². The summed E-state index contributed by atoms with van der Waals surface area (Å²) >= 11 is 0. The normalized spacial score (nSPS) is 10.6. The second-order valence-electron chi connectivity index (χ2n) is 5.30. The molecule has 0 fully saturated rings. The van der Waals surface area contributed by atoms with Crippen LogP contribution in [0.25, 0.3) is 0 Å². The summed E-state index contributed by atoms with van der Waals surface area (Å²) in [6, 6.07) is 0. The van der Waals surface area contributed by atoms with Gasteiger partial charge in [0, 0.05) is 13.0 Å². The molecule has 2 heteroatoms. The molecule has 0 rings (SSSR count). The summed E-state index contributed by atoms with van der Waals surface area (Å²) in [5.74, 6) is 8.24. The van der Waals surface area contributed by atoms with Crippen molar-refractivity contribution in [3.63, 3.8) is 0 Å². The van der Waals surface area contributed by atoms with Crippen LogP contribution in [0.2, 0.25) is 0 Å². The fourth-order valence-electron chi connectivity index (χ4n) is 1.62. The number of amides is 1. The number of hydrogen-bond donors (Lipinski definition) is 1. The first kappa shape index (κ1) is 19.1. The van der Waals surface area contributed by atoms with Gasteiger partial charge in [-0.2, -0.15) is 0 Å². The van der Waals surface area contributed by atoms with Gasteiger partial charge in [-0.05, 0) is 49.5 Å². The Labute approximate surface area is 130 Å². The van der Waals surface area contributed by atoms with Gasteiger partial charge in [0.2, 0.25) is 5.91 Å². The molecule has 0 saturated heterocycles. The van der Waals surface area contributed by atoms with Crippen molar-refractivity contribution in [1.82, 2.24) is 5.32 Å². The van der Waals surface area contributed by atoms with Gasteiger partial charge in [-0.15, -0.1) is 6.42 Å². The predicted octanol–water partition coefficient (Wildman–Crippen LogP) is 3.85. The van der Waals surface area contributed by atoms with Crippen LogP contribution in [0.15, 0.2) is 24.3 Å². The Morgan fingerprint density at radius 2 is 1.86 bits per heavy atom. The summed E-state index contributed by atoms with van der Waals surface area (Å²) in [6.07, 6.45) is 19.1. The maximum Gasteiger partial charge on any atom is 0.243 e. The molecule has 2 nitrogen and oxygen atoms in total. The Bertz CT molecular complexity index is 427. The zero-order chi connectivity index (χ0) is 15.8.